The fourth-order valence-electron chi connectivity index (χ4n) is 4.42. The predicted octanol–water partition coefficient (Wildman–Crippen LogP) is 5.99. The zero-order valence-corrected chi connectivity index (χ0v) is 16.4. The molecule has 0 bridgehead atoms. The summed E-state index contributed by atoms with van der Waals surface area (Å²) in [4.78, 5) is 7.55. The first-order chi connectivity index (χ1) is 13.3. The van der Waals surface area contributed by atoms with Crippen LogP contribution in [0.3, 0.4) is 0 Å². The molecule has 0 unspecified atom stereocenters. The van der Waals surface area contributed by atoms with E-state index in [4.69, 9.17) is 0 Å². The van der Waals surface area contributed by atoms with Gasteiger partial charge in [0.05, 0.1) is 17.4 Å². The Balaban J connectivity index is 1.28. The fraction of sp³-hybridized carbons (Fsp3) is 0.458. The van der Waals surface area contributed by atoms with Crippen molar-refractivity contribution < 1.29 is 0 Å². The van der Waals surface area contributed by atoms with Gasteiger partial charge in [-0.2, -0.15) is 0 Å². The van der Waals surface area contributed by atoms with E-state index in [1.165, 1.54) is 67.2 Å². The highest BCUT2D eigenvalue weighted by Gasteiger charge is 2.12. The summed E-state index contributed by atoms with van der Waals surface area (Å²) in [6.45, 7) is 4.25. The monoisotopic (exact) mass is 361 g/mol. The quantitative estimate of drug-likeness (QED) is 0.508. The molecule has 0 aliphatic heterocycles. The number of hydrogen-bond acceptors (Lipinski definition) is 2. The van der Waals surface area contributed by atoms with E-state index in [0.29, 0.717) is 0 Å². The Bertz CT molecular complexity index is 857. The van der Waals surface area contributed by atoms with Crippen molar-refractivity contribution in [3.05, 3.63) is 53.9 Å². The molecule has 1 fully saturated rings. The van der Waals surface area contributed by atoms with Crippen molar-refractivity contribution >= 4 is 11.0 Å². The zero-order valence-electron chi connectivity index (χ0n) is 16.4. The molecule has 0 radical (unpaired) electrons. The minimum Gasteiger partial charge on any atom is -0.345 e. The molecule has 1 heterocycles. The molecule has 0 atom stereocenters. The lowest BCUT2D eigenvalue weighted by Crippen LogP contribution is -2.16. The Morgan fingerprint density at radius 1 is 1.07 bits per heavy atom. The number of nitrogens with zero attached hydrogens (tertiary/aromatic N) is 1. The molecule has 3 nitrogen and oxygen atoms in total. The van der Waals surface area contributed by atoms with E-state index >= 15 is 0 Å². The molecule has 0 amide bonds. The maximum absolute atomic E-state index is 4.34. The highest BCUT2D eigenvalue weighted by atomic mass is 14.9. The van der Waals surface area contributed by atoms with Crippen LogP contribution in [0.15, 0.2) is 42.7 Å². The van der Waals surface area contributed by atoms with Crippen LogP contribution in [0.5, 0.6) is 0 Å². The number of fused-ring (bicyclic) bond motifs is 1. The van der Waals surface area contributed by atoms with Crippen LogP contribution in [0, 0.1) is 12.8 Å². The van der Waals surface area contributed by atoms with E-state index < -0.39 is 0 Å². The van der Waals surface area contributed by atoms with Gasteiger partial charge in [0.25, 0.3) is 0 Å². The number of hydrogen-bond donors (Lipinski definition) is 2. The van der Waals surface area contributed by atoms with Gasteiger partial charge in [-0.3, -0.25) is 0 Å². The summed E-state index contributed by atoms with van der Waals surface area (Å²) in [5, 5.41) is 3.62. The summed E-state index contributed by atoms with van der Waals surface area (Å²) >= 11 is 0. The Morgan fingerprint density at radius 2 is 1.89 bits per heavy atom. The van der Waals surface area contributed by atoms with Gasteiger partial charge in [0.15, 0.2) is 0 Å². The van der Waals surface area contributed by atoms with Gasteiger partial charge in [0, 0.05) is 6.54 Å². The molecule has 3 aromatic rings. The van der Waals surface area contributed by atoms with Crippen molar-refractivity contribution in [2.75, 3.05) is 6.54 Å². The summed E-state index contributed by atoms with van der Waals surface area (Å²) in [7, 11) is 0. The van der Waals surface area contributed by atoms with Crippen LogP contribution in [0.1, 0.15) is 56.1 Å². The molecule has 1 aromatic heterocycles. The maximum Gasteiger partial charge on any atom is 0.0931 e. The molecule has 142 valence electrons. The number of imidazole rings is 1. The van der Waals surface area contributed by atoms with Crippen molar-refractivity contribution in [1.29, 1.82) is 0 Å². The predicted molar refractivity (Wildman–Crippen MR) is 114 cm³/mol. The second-order valence-electron chi connectivity index (χ2n) is 8.11. The number of benzene rings is 2. The van der Waals surface area contributed by atoms with Crippen molar-refractivity contribution in [1.82, 2.24) is 15.3 Å². The van der Waals surface area contributed by atoms with Crippen molar-refractivity contribution in [3.63, 3.8) is 0 Å². The van der Waals surface area contributed by atoms with Gasteiger partial charge in [-0.1, -0.05) is 56.4 Å². The average Bonchev–Trinajstić information content (AvgIpc) is 3.16. The zero-order chi connectivity index (χ0) is 18.5. The lowest BCUT2D eigenvalue weighted by molar-refractivity contribution is 0.330. The maximum atomic E-state index is 4.34. The lowest BCUT2D eigenvalue weighted by Gasteiger charge is -2.21. The van der Waals surface area contributed by atoms with Crippen LogP contribution in [0.2, 0.25) is 0 Å². The smallest absolute Gasteiger partial charge is 0.0931 e. The number of rotatable bonds is 7. The molecule has 1 saturated carbocycles. The first kappa shape index (κ1) is 18.2. The highest BCUT2D eigenvalue weighted by molar-refractivity contribution is 5.83. The van der Waals surface area contributed by atoms with Crippen molar-refractivity contribution in [2.45, 2.75) is 58.4 Å². The van der Waals surface area contributed by atoms with Gasteiger partial charge >= 0.3 is 0 Å². The Labute approximate surface area is 162 Å². The SMILES string of the molecule is Cc1cc2nc[nH]c2cc1-c1ccc(CNCCCC2CCCCC2)cc1. The van der Waals surface area contributed by atoms with Crippen LogP contribution in [0.25, 0.3) is 22.2 Å². The number of nitrogens with one attached hydrogen (secondary N) is 2. The molecule has 0 spiro atoms. The third-order valence-electron chi connectivity index (χ3n) is 6.05. The highest BCUT2D eigenvalue weighted by Crippen LogP contribution is 2.28. The van der Waals surface area contributed by atoms with E-state index in [1.807, 2.05) is 0 Å². The van der Waals surface area contributed by atoms with Gasteiger partial charge in [-0.15, -0.1) is 0 Å². The molecule has 2 N–H and O–H groups in total. The van der Waals surface area contributed by atoms with Gasteiger partial charge in [-0.25, -0.2) is 4.98 Å². The van der Waals surface area contributed by atoms with E-state index in [2.05, 4.69) is 58.6 Å². The number of aromatic amines is 1. The summed E-state index contributed by atoms with van der Waals surface area (Å²) in [5.74, 6) is 0.996. The Morgan fingerprint density at radius 3 is 2.70 bits per heavy atom. The topological polar surface area (TPSA) is 40.7 Å². The van der Waals surface area contributed by atoms with Gasteiger partial charge in [0.2, 0.25) is 0 Å². The van der Waals surface area contributed by atoms with E-state index in [1.54, 1.807) is 6.33 Å². The molecular formula is C24H31N3. The minimum absolute atomic E-state index is 0.962. The number of aromatic nitrogens is 2. The molecule has 1 aliphatic carbocycles. The van der Waals surface area contributed by atoms with Crippen molar-refractivity contribution in [2.24, 2.45) is 5.92 Å². The largest absolute Gasteiger partial charge is 0.345 e. The van der Waals surface area contributed by atoms with Crippen LogP contribution < -0.4 is 5.32 Å². The van der Waals surface area contributed by atoms with Gasteiger partial charge in [0.1, 0.15) is 0 Å². The summed E-state index contributed by atoms with van der Waals surface area (Å²) < 4.78 is 0. The first-order valence-corrected chi connectivity index (χ1v) is 10.5. The molecule has 1 aliphatic rings. The van der Waals surface area contributed by atoms with E-state index in [0.717, 1.165) is 30.0 Å². The van der Waals surface area contributed by atoms with Gasteiger partial charge < -0.3 is 10.3 Å². The molecule has 27 heavy (non-hydrogen) atoms. The standard InChI is InChI=1S/C24H31N3/c1-18-14-23-24(27-17-26-23)15-22(18)21-11-9-20(10-12-21)16-25-13-5-8-19-6-3-2-4-7-19/h9-12,14-15,17,19,25H,2-8,13,16H2,1H3,(H,26,27). The van der Waals surface area contributed by atoms with Crippen molar-refractivity contribution in [3.8, 4) is 11.1 Å². The van der Waals surface area contributed by atoms with Crippen LogP contribution in [-0.2, 0) is 6.54 Å². The number of aryl methyl sites for hydroxylation is 1. The average molecular weight is 362 g/mol. The van der Waals surface area contributed by atoms with Gasteiger partial charge in [-0.05, 0) is 66.6 Å². The Kier molecular flexibility index (Phi) is 5.88. The van der Waals surface area contributed by atoms with Crippen LogP contribution in [-0.4, -0.2) is 16.5 Å². The molecule has 0 saturated heterocycles. The molecular weight excluding hydrogens is 330 g/mol. The fourth-order valence-corrected chi connectivity index (χ4v) is 4.42. The lowest BCUT2D eigenvalue weighted by atomic mass is 9.86. The third kappa shape index (κ3) is 4.59. The summed E-state index contributed by atoms with van der Waals surface area (Å²) in [6.07, 6.45) is 11.8. The summed E-state index contributed by atoms with van der Waals surface area (Å²) in [5.41, 5.74) is 7.30. The third-order valence-corrected chi connectivity index (χ3v) is 6.05. The molecule has 2 aromatic carbocycles. The molecule has 4 rings (SSSR count). The van der Waals surface area contributed by atoms with Crippen LogP contribution >= 0.6 is 0 Å². The van der Waals surface area contributed by atoms with Crippen LogP contribution in [0.4, 0.5) is 0 Å². The van der Waals surface area contributed by atoms with E-state index in [9.17, 15) is 0 Å². The van der Waals surface area contributed by atoms with E-state index in [-0.39, 0.29) is 0 Å². The first-order valence-electron chi connectivity index (χ1n) is 10.5. The second-order valence-corrected chi connectivity index (χ2v) is 8.11. The minimum atomic E-state index is 0.962. The Hall–Kier alpha value is -2.13. The summed E-state index contributed by atoms with van der Waals surface area (Å²) in [6, 6.07) is 13.3. The second kappa shape index (κ2) is 8.71. The number of H-pyrrole nitrogens is 1. The molecule has 3 heteroatoms. The normalized spacial score (nSPS) is 15.4.